The fourth-order valence-corrected chi connectivity index (χ4v) is 3.56. The summed E-state index contributed by atoms with van der Waals surface area (Å²) in [6, 6.07) is 0. The fourth-order valence-electron chi connectivity index (χ4n) is 0.891. The van der Waals surface area contributed by atoms with Crippen LogP contribution in [0.15, 0.2) is 0 Å². The first kappa shape index (κ1) is 16.6. The molecule has 0 aliphatic heterocycles. The van der Waals surface area contributed by atoms with E-state index in [4.69, 9.17) is 9.05 Å². The summed E-state index contributed by atoms with van der Waals surface area (Å²) in [5, 5.41) is -1.09. The monoisotopic (exact) mass is 362 g/mol. The summed E-state index contributed by atoms with van der Waals surface area (Å²) >= 11 is 1.64. The van der Waals surface area contributed by atoms with Crippen molar-refractivity contribution in [2.24, 2.45) is 0 Å². The summed E-state index contributed by atoms with van der Waals surface area (Å²) in [5.74, 6) is 0. The molecule has 0 saturated carbocycles. The van der Waals surface area contributed by atoms with Crippen LogP contribution in [0.2, 0.25) is 0 Å². The van der Waals surface area contributed by atoms with Crippen molar-refractivity contribution in [1.29, 1.82) is 0 Å². The van der Waals surface area contributed by atoms with Crippen molar-refractivity contribution in [3.63, 3.8) is 0 Å². The van der Waals surface area contributed by atoms with Crippen molar-refractivity contribution >= 4 is 34.0 Å². The second-order valence-electron chi connectivity index (χ2n) is 4.00. The Hall–Kier alpha value is 0.550. The highest BCUT2D eigenvalue weighted by atomic mass is 127. The van der Waals surface area contributed by atoms with Crippen LogP contribution in [0.25, 0.3) is 0 Å². The van der Waals surface area contributed by atoms with Gasteiger partial charge >= 0.3 is 7.60 Å². The molecule has 0 aromatic heterocycles. The molecule has 0 spiro atoms. The zero-order valence-corrected chi connectivity index (χ0v) is 13.3. The third-order valence-electron chi connectivity index (χ3n) is 2.10. The van der Waals surface area contributed by atoms with Gasteiger partial charge in [-0.2, -0.15) is 0 Å². The van der Waals surface area contributed by atoms with Crippen molar-refractivity contribution in [2.75, 3.05) is 13.2 Å². The Morgan fingerprint density at radius 3 is 1.81 bits per heavy atom. The molecular weight excluding hydrogens is 342 g/mol. The van der Waals surface area contributed by atoms with Gasteiger partial charge in [-0.3, -0.25) is 9.36 Å². The van der Waals surface area contributed by atoms with Gasteiger partial charge in [0.15, 0.2) is 0 Å². The van der Waals surface area contributed by atoms with Gasteiger partial charge in [0.25, 0.3) is 0 Å². The first-order valence-electron chi connectivity index (χ1n) is 5.41. The number of rotatable bonds is 8. The molecule has 0 heterocycles. The summed E-state index contributed by atoms with van der Waals surface area (Å²) < 4.78 is 22.9. The molecule has 0 fully saturated rings. The number of carbonyl (C=O) groups excluding carboxylic acids is 1. The fraction of sp³-hybridized carbons (Fsp3) is 0.900. The van der Waals surface area contributed by atoms with Crippen LogP contribution in [0.5, 0.6) is 0 Å². The minimum Gasteiger partial charge on any atom is -0.308 e. The molecule has 0 unspecified atom stereocenters. The van der Waals surface area contributed by atoms with Gasteiger partial charge in [0.2, 0.25) is 3.79 Å². The van der Waals surface area contributed by atoms with Crippen LogP contribution in [0.3, 0.4) is 0 Å². The average molecular weight is 362 g/mol. The minimum absolute atomic E-state index is 0.208. The molecule has 0 aliphatic rings. The largest absolute Gasteiger partial charge is 0.344 e. The highest BCUT2D eigenvalue weighted by molar-refractivity contribution is 14.1. The molecule has 6 heteroatoms. The van der Waals surface area contributed by atoms with Crippen LogP contribution in [0.1, 0.15) is 40.5 Å². The summed E-state index contributed by atoms with van der Waals surface area (Å²) in [6.45, 7) is 7.73. The van der Waals surface area contributed by atoms with Gasteiger partial charge in [0.1, 0.15) is 5.16 Å². The van der Waals surface area contributed by atoms with E-state index in [0.717, 1.165) is 12.8 Å². The van der Waals surface area contributed by atoms with E-state index < -0.39 is 12.8 Å². The van der Waals surface area contributed by atoms with E-state index >= 15 is 0 Å². The van der Waals surface area contributed by atoms with Crippen LogP contribution < -0.4 is 0 Å². The van der Waals surface area contributed by atoms with Gasteiger partial charge in [-0.1, -0.05) is 13.8 Å². The molecule has 0 atom stereocenters. The highest BCUT2D eigenvalue weighted by Crippen LogP contribution is 2.61. The molecule has 0 aromatic carbocycles. The molecule has 0 radical (unpaired) electrons. The van der Waals surface area contributed by atoms with Crippen LogP contribution >= 0.6 is 30.2 Å². The van der Waals surface area contributed by atoms with Gasteiger partial charge in [-0.15, -0.1) is 0 Å². The lowest BCUT2D eigenvalue weighted by molar-refractivity contribution is -0.111. The summed E-state index contributed by atoms with van der Waals surface area (Å²) in [7, 11) is -3.37. The molecule has 0 N–H and O–H groups in total. The summed E-state index contributed by atoms with van der Waals surface area (Å²) in [4.78, 5) is 11.5. The molecule has 16 heavy (non-hydrogen) atoms. The van der Waals surface area contributed by atoms with Crippen LogP contribution in [0, 0.1) is 0 Å². The van der Waals surface area contributed by atoms with Gasteiger partial charge < -0.3 is 9.05 Å². The number of hydrogen-bond donors (Lipinski definition) is 0. The lowest BCUT2D eigenvalue weighted by Crippen LogP contribution is -2.30. The molecule has 0 aliphatic carbocycles. The molecule has 0 rings (SSSR count). The van der Waals surface area contributed by atoms with E-state index in [1.165, 1.54) is 0 Å². The molecule has 0 bridgehead atoms. The van der Waals surface area contributed by atoms with Crippen molar-refractivity contribution in [1.82, 2.24) is 0 Å². The summed E-state index contributed by atoms with van der Waals surface area (Å²) in [6.07, 6.45) is 1.48. The average Bonchev–Trinajstić information content (AvgIpc) is 2.23. The van der Waals surface area contributed by atoms with Gasteiger partial charge in [-0.05, 0) is 26.7 Å². The van der Waals surface area contributed by atoms with Gasteiger partial charge in [0, 0.05) is 22.6 Å². The Labute approximate surface area is 111 Å². The Bertz CT molecular complexity index is 266. The Balaban J connectivity index is 4.90. The molecule has 0 saturated heterocycles. The quantitative estimate of drug-likeness (QED) is 0.375. The van der Waals surface area contributed by atoms with Gasteiger partial charge in [0.05, 0.1) is 13.2 Å². The maximum absolute atomic E-state index is 12.5. The van der Waals surface area contributed by atoms with Crippen molar-refractivity contribution < 1.29 is 18.4 Å². The normalized spacial score (nSPS) is 12.8. The maximum atomic E-state index is 12.5. The number of halogens is 1. The molecule has 96 valence electrons. The second kappa shape index (κ2) is 7.09. The van der Waals surface area contributed by atoms with E-state index in [1.807, 2.05) is 13.8 Å². The third-order valence-corrected chi connectivity index (χ3v) is 6.49. The van der Waals surface area contributed by atoms with E-state index in [1.54, 1.807) is 36.4 Å². The Kier molecular flexibility index (Phi) is 7.33. The highest BCUT2D eigenvalue weighted by Gasteiger charge is 2.48. The van der Waals surface area contributed by atoms with E-state index in [0.29, 0.717) is 13.2 Å². The van der Waals surface area contributed by atoms with E-state index in [-0.39, 0.29) is 3.79 Å². The smallest absolute Gasteiger partial charge is 0.308 e. The van der Waals surface area contributed by atoms with Crippen molar-refractivity contribution in [3.8, 4) is 0 Å². The number of carbonyl (C=O) groups is 1. The lowest BCUT2D eigenvalue weighted by atomic mass is 10.2. The third kappa shape index (κ3) is 4.09. The van der Waals surface area contributed by atoms with E-state index in [2.05, 4.69) is 0 Å². The zero-order chi connectivity index (χ0) is 12.8. The predicted molar refractivity (Wildman–Crippen MR) is 73.2 cm³/mol. The molecule has 4 nitrogen and oxygen atoms in total. The zero-order valence-electron chi connectivity index (χ0n) is 10.3. The standard InChI is InChI=1S/C10H20IO4P/c1-5-7-14-16(13,15-8-6-2)10(3,4)9(11)12/h5-8H2,1-4H3. The van der Waals surface area contributed by atoms with Crippen LogP contribution in [-0.4, -0.2) is 22.2 Å². The first-order chi connectivity index (χ1) is 7.31. The molecule has 0 amide bonds. The van der Waals surface area contributed by atoms with Crippen molar-refractivity contribution in [3.05, 3.63) is 0 Å². The Morgan fingerprint density at radius 1 is 1.19 bits per heavy atom. The minimum atomic E-state index is -3.37. The molecular formula is C10H20IO4P. The molecule has 0 aromatic rings. The lowest BCUT2D eigenvalue weighted by Gasteiger charge is -2.30. The Morgan fingerprint density at radius 2 is 1.56 bits per heavy atom. The topological polar surface area (TPSA) is 52.6 Å². The SMILES string of the molecule is CCCOP(=O)(OCCC)C(C)(C)C(=O)I. The first-order valence-corrected chi connectivity index (χ1v) is 8.03. The van der Waals surface area contributed by atoms with Crippen LogP contribution in [-0.2, 0) is 18.4 Å². The van der Waals surface area contributed by atoms with Gasteiger partial charge in [-0.25, -0.2) is 0 Å². The van der Waals surface area contributed by atoms with Crippen molar-refractivity contribution in [2.45, 2.75) is 45.7 Å². The van der Waals surface area contributed by atoms with E-state index in [9.17, 15) is 9.36 Å². The van der Waals surface area contributed by atoms with Crippen LogP contribution in [0.4, 0.5) is 0 Å². The summed E-state index contributed by atoms with van der Waals surface area (Å²) in [5.41, 5.74) is 0. The second-order valence-corrected chi connectivity index (χ2v) is 7.61. The maximum Gasteiger partial charge on any atom is 0.344 e. The number of hydrogen-bond acceptors (Lipinski definition) is 4. The predicted octanol–water partition coefficient (Wildman–Crippen LogP) is 3.77.